The third kappa shape index (κ3) is 5.80. The summed E-state index contributed by atoms with van der Waals surface area (Å²) in [6.45, 7) is 4.73. The van der Waals surface area contributed by atoms with E-state index in [0.29, 0.717) is 32.7 Å². The van der Waals surface area contributed by atoms with Crippen LogP contribution in [0.1, 0.15) is 25.3 Å². The maximum absolute atomic E-state index is 12.8. The highest BCUT2D eigenvalue weighted by molar-refractivity contribution is 5.85. The van der Waals surface area contributed by atoms with Gasteiger partial charge in [0.05, 0.1) is 0 Å². The Labute approximate surface area is 150 Å². The fraction of sp³-hybridized carbons (Fsp3) is 0.556. The molecular formula is C18H28ClN3O2. The number of likely N-dealkylation sites (tertiary alicyclic amines) is 1. The third-order valence-corrected chi connectivity index (χ3v) is 4.51. The van der Waals surface area contributed by atoms with Crippen LogP contribution in [0.2, 0.25) is 0 Å². The molecule has 2 N–H and O–H groups in total. The zero-order valence-corrected chi connectivity index (χ0v) is 15.1. The Morgan fingerprint density at radius 3 is 2.33 bits per heavy atom. The van der Waals surface area contributed by atoms with E-state index in [2.05, 4.69) is 12.1 Å². The van der Waals surface area contributed by atoms with Gasteiger partial charge < -0.3 is 15.5 Å². The van der Waals surface area contributed by atoms with E-state index in [-0.39, 0.29) is 30.1 Å². The molecule has 1 fully saturated rings. The van der Waals surface area contributed by atoms with E-state index in [1.54, 1.807) is 6.92 Å². The molecule has 0 atom stereocenters. The van der Waals surface area contributed by atoms with Crippen LogP contribution in [-0.2, 0) is 16.0 Å². The normalized spacial score (nSPS) is 14.8. The average Bonchev–Trinajstić information content (AvgIpc) is 2.59. The van der Waals surface area contributed by atoms with E-state index in [0.717, 1.165) is 19.3 Å². The van der Waals surface area contributed by atoms with Gasteiger partial charge in [-0.25, -0.2) is 0 Å². The largest absolute Gasteiger partial charge is 0.343 e. The molecule has 0 aromatic heterocycles. The van der Waals surface area contributed by atoms with Crippen LogP contribution in [0, 0.1) is 5.92 Å². The number of carbonyl (C=O) groups is 2. The Bertz CT molecular complexity index is 516. The van der Waals surface area contributed by atoms with Crippen molar-refractivity contribution in [3.05, 3.63) is 35.9 Å². The van der Waals surface area contributed by atoms with Crippen molar-refractivity contribution < 1.29 is 9.59 Å². The molecular weight excluding hydrogens is 326 g/mol. The quantitative estimate of drug-likeness (QED) is 0.846. The molecule has 2 amide bonds. The topological polar surface area (TPSA) is 66.6 Å². The molecule has 1 heterocycles. The number of piperidine rings is 1. The Morgan fingerprint density at radius 2 is 1.79 bits per heavy atom. The second kappa shape index (κ2) is 10.3. The van der Waals surface area contributed by atoms with Gasteiger partial charge in [-0.3, -0.25) is 9.59 Å². The number of amides is 2. The van der Waals surface area contributed by atoms with Crippen molar-refractivity contribution in [2.75, 3.05) is 32.7 Å². The first kappa shape index (κ1) is 20.5. The smallest absolute Gasteiger partial charge is 0.225 e. The van der Waals surface area contributed by atoms with E-state index < -0.39 is 0 Å². The third-order valence-electron chi connectivity index (χ3n) is 4.51. The average molecular weight is 354 g/mol. The molecule has 1 aromatic rings. The van der Waals surface area contributed by atoms with Crippen molar-refractivity contribution in [1.82, 2.24) is 9.80 Å². The van der Waals surface area contributed by atoms with E-state index in [1.165, 1.54) is 5.56 Å². The Kier molecular flexibility index (Phi) is 8.79. The molecule has 24 heavy (non-hydrogen) atoms. The highest BCUT2D eigenvalue weighted by Crippen LogP contribution is 2.20. The molecule has 0 radical (unpaired) electrons. The van der Waals surface area contributed by atoms with Gasteiger partial charge in [0, 0.05) is 45.6 Å². The van der Waals surface area contributed by atoms with Crippen LogP contribution < -0.4 is 5.73 Å². The first-order valence-electron chi connectivity index (χ1n) is 8.40. The van der Waals surface area contributed by atoms with Crippen LogP contribution >= 0.6 is 12.4 Å². The number of nitrogens with zero attached hydrogens (tertiary/aromatic N) is 2. The van der Waals surface area contributed by atoms with Crippen LogP contribution in [0.4, 0.5) is 0 Å². The molecule has 0 spiro atoms. The van der Waals surface area contributed by atoms with Crippen molar-refractivity contribution in [2.45, 2.75) is 26.2 Å². The van der Waals surface area contributed by atoms with Crippen molar-refractivity contribution in [1.29, 1.82) is 0 Å². The van der Waals surface area contributed by atoms with Crippen molar-refractivity contribution in [3.8, 4) is 0 Å². The number of rotatable bonds is 6. The standard InChI is InChI=1S/C18H27N3O2.ClH/c1-15(22)20-12-8-17(9-13-20)18(23)21(14-10-19)11-7-16-5-3-2-4-6-16;/h2-6,17H,7-14,19H2,1H3;1H. The Morgan fingerprint density at radius 1 is 1.17 bits per heavy atom. The lowest BCUT2D eigenvalue weighted by Crippen LogP contribution is -2.45. The molecule has 0 bridgehead atoms. The molecule has 1 aliphatic rings. The summed E-state index contributed by atoms with van der Waals surface area (Å²) in [4.78, 5) is 27.8. The summed E-state index contributed by atoms with van der Waals surface area (Å²) in [7, 11) is 0. The predicted molar refractivity (Wildman–Crippen MR) is 98.0 cm³/mol. The molecule has 1 aliphatic heterocycles. The summed E-state index contributed by atoms with van der Waals surface area (Å²) in [6.07, 6.45) is 2.36. The number of benzene rings is 1. The van der Waals surface area contributed by atoms with Gasteiger partial charge >= 0.3 is 0 Å². The summed E-state index contributed by atoms with van der Waals surface area (Å²) in [6, 6.07) is 10.2. The highest BCUT2D eigenvalue weighted by atomic mass is 35.5. The van der Waals surface area contributed by atoms with E-state index in [4.69, 9.17) is 5.73 Å². The second-order valence-corrected chi connectivity index (χ2v) is 6.13. The number of nitrogens with two attached hydrogens (primary N) is 1. The zero-order valence-electron chi connectivity index (χ0n) is 14.3. The van der Waals surface area contributed by atoms with Crippen LogP contribution in [-0.4, -0.2) is 54.3 Å². The van der Waals surface area contributed by atoms with Gasteiger partial charge in [0.25, 0.3) is 0 Å². The maximum atomic E-state index is 12.8. The summed E-state index contributed by atoms with van der Waals surface area (Å²) in [5.74, 6) is 0.307. The molecule has 0 aliphatic carbocycles. The number of hydrogen-bond donors (Lipinski definition) is 1. The van der Waals surface area contributed by atoms with Crippen molar-refractivity contribution in [3.63, 3.8) is 0 Å². The summed E-state index contributed by atoms with van der Waals surface area (Å²) in [5, 5.41) is 0. The first-order chi connectivity index (χ1) is 11.1. The van der Waals surface area contributed by atoms with E-state index >= 15 is 0 Å². The molecule has 1 saturated heterocycles. The Hall–Kier alpha value is -1.59. The SMILES string of the molecule is CC(=O)N1CCC(C(=O)N(CCN)CCc2ccccc2)CC1.Cl. The molecule has 0 saturated carbocycles. The lowest BCUT2D eigenvalue weighted by atomic mass is 9.95. The van der Waals surface area contributed by atoms with Crippen LogP contribution in [0.15, 0.2) is 30.3 Å². The highest BCUT2D eigenvalue weighted by Gasteiger charge is 2.28. The number of halogens is 1. The summed E-state index contributed by atoms with van der Waals surface area (Å²) < 4.78 is 0. The minimum atomic E-state index is 0. The fourth-order valence-corrected chi connectivity index (χ4v) is 3.10. The predicted octanol–water partition coefficient (Wildman–Crippen LogP) is 1.70. The van der Waals surface area contributed by atoms with Crippen molar-refractivity contribution >= 4 is 24.2 Å². The number of carbonyl (C=O) groups excluding carboxylic acids is 2. The monoisotopic (exact) mass is 353 g/mol. The van der Waals surface area contributed by atoms with Crippen LogP contribution in [0.5, 0.6) is 0 Å². The van der Waals surface area contributed by atoms with Gasteiger partial charge in [0.1, 0.15) is 0 Å². The first-order valence-corrected chi connectivity index (χ1v) is 8.40. The fourth-order valence-electron chi connectivity index (χ4n) is 3.10. The molecule has 1 aromatic carbocycles. The summed E-state index contributed by atoms with van der Waals surface area (Å²) in [5.41, 5.74) is 6.91. The van der Waals surface area contributed by atoms with Crippen molar-refractivity contribution in [2.24, 2.45) is 11.7 Å². The summed E-state index contributed by atoms with van der Waals surface area (Å²) >= 11 is 0. The molecule has 2 rings (SSSR count). The van der Waals surface area contributed by atoms with Crippen LogP contribution in [0.3, 0.4) is 0 Å². The molecule has 134 valence electrons. The van der Waals surface area contributed by atoms with Gasteiger partial charge in [0.15, 0.2) is 0 Å². The lowest BCUT2D eigenvalue weighted by molar-refractivity contribution is -0.140. The second-order valence-electron chi connectivity index (χ2n) is 6.13. The maximum Gasteiger partial charge on any atom is 0.225 e. The molecule has 5 nitrogen and oxygen atoms in total. The minimum Gasteiger partial charge on any atom is -0.343 e. The zero-order chi connectivity index (χ0) is 16.7. The van der Waals surface area contributed by atoms with Gasteiger partial charge in [-0.1, -0.05) is 30.3 Å². The molecule has 6 heteroatoms. The number of hydrogen-bond acceptors (Lipinski definition) is 3. The van der Waals surface area contributed by atoms with Gasteiger partial charge in [0.2, 0.25) is 11.8 Å². The Balaban J connectivity index is 0.00000288. The minimum absolute atomic E-state index is 0. The van der Waals surface area contributed by atoms with Gasteiger partial charge in [-0.15, -0.1) is 12.4 Å². The van der Waals surface area contributed by atoms with E-state index in [9.17, 15) is 9.59 Å². The van der Waals surface area contributed by atoms with Crippen LogP contribution in [0.25, 0.3) is 0 Å². The van der Waals surface area contributed by atoms with E-state index in [1.807, 2.05) is 28.0 Å². The lowest BCUT2D eigenvalue weighted by Gasteiger charge is -2.33. The van der Waals surface area contributed by atoms with Gasteiger partial charge in [-0.2, -0.15) is 0 Å². The van der Waals surface area contributed by atoms with Gasteiger partial charge in [-0.05, 0) is 24.8 Å². The molecule has 0 unspecified atom stereocenters.